The molecule has 1 aliphatic rings. The summed E-state index contributed by atoms with van der Waals surface area (Å²) in [6, 6.07) is 10.3. The van der Waals surface area contributed by atoms with E-state index in [1.807, 2.05) is 30.3 Å². The van der Waals surface area contributed by atoms with Gasteiger partial charge in [0.1, 0.15) is 11.8 Å². The Morgan fingerprint density at radius 1 is 1.21 bits per heavy atom. The van der Waals surface area contributed by atoms with Crippen LogP contribution in [-0.2, 0) is 4.74 Å². The number of methoxy groups -OCH3 is 1. The van der Waals surface area contributed by atoms with Gasteiger partial charge in [-0.15, -0.1) is 0 Å². The molecule has 0 aromatic heterocycles. The molecule has 0 saturated heterocycles. The summed E-state index contributed by atoms with van der Waals surface area (Å²) in [5.41, 5.74) is 1.10. The molecule has 0 amide bonds. The zero-order valence-electron chi connectivity index (χ0n) is 11.3. The van der Waals surface area contributed by atoms with E-state index < -0.39 is 0 Å². The molecule has 4 heteroatoms. The van der Waals surface area contributed by atoms with Crippen LogP contribution in [0.3, 0.4) is 0 Å². The smallest absolute Gasteiger partial charge is 0.174 e. The quantitative estimate of drug-likeness (QED) is 0.884. The molecule has 1 saturated carbocycles. The predicted octanol–water partition coefficient (Wildman–Crippen LogP) is 2.96. The molecule has 1 N–H and O–H groups in total. The first-order valence-electron chi connectivity index (χ1n) is 6.71. The Labute approximate surface area is 114 Å². The minimum atomic E-state index is 0.0911. The molecule has 0 spiro atoms. The number of hydrogen-bond acceptors (Lipinski definition) is 4. The highest BCUT2D eigenvalue weighted by molar-refractivity contribution is 5.47. The fourth-order valence-electron chi connectivity index (χ4n) is 2.44. The average Bonchev–Trinajstić information content (AvgIpc) is 2.47. The third-order valence-corrected chi connectivity index (χ3v) is 3.54. The maximum absolute atomic E-state index is 8.44. The van der Waals surface area contributed by atoms with Crippen molar-refractivity contribution in [2.24, 2.45) is 0 Å². The maximum Gasteiger partial charge on any atom is 0.174 e. The lowest BCUT2D eigenvalue weighted by Crippen LogP contribution is -2.29. The second kappa shape index (κ2) is 7.01. The van der Waals surface area contributed by atoms with E-state index in [0.29, 0.717) is 12.1 Å². The van der Waals surface area contributed by atoms with Crippen LogP contribution in [-0.4, -0.2) is 25.9 Å². The van der Waals surface area contributed by atoms with Crippen molar-refractivity contribution < 1.29 is 9.47 Å². The van der Waals surface area contributed by atoms with E-state index in [-0.39, 0.29) is 6.61 Å². The van der Waals surface area contributed by atoms with Crippen LogP contribution < -0.4 is 10.1 Å². The third-order valence-electron chi connectivity index (χ3n) is 3.54. The fraction of sp³-hybridized carbons (Fsp3) is 0.533. The monoisotopic (exact) mass is 260 g/mol. The number of anilines is 1. The van der Waals surface area contributed by atoms with Crippen LogP contribution >= 0.6 is 0 Å². The van der Waals surface area contributed by atoms with Gasteiger partial charge in [-0.05, 0) is 49.9 Å². The number of benzene rings is 1. The molecule has 1 aromatic carbocycles. The molecule has 2 rings (SSSR count). The van der Waals surface area contributed by atoms with Crippen molar-refractivity contribution in [3.8, 4) is 11.8 Å². The van der Waals surface area contributed by atoms with Gasteiger partial charge in [0.25, 0.3) is 0 Å². The summed E-state index contributed by atoms with van der Waals surface area (Å²) in [6.07, 6.45) is 4.96. The van der Waals surface area contributed by atoms with Gasteiger partial charge in [0.2, 0.25) is 0 Å². The largest absolute Gasteiger partial charge is 0.479 e. The lowest BCUT2D eigenvalue weighted by Gasteiger charge is -2.28. The van der Waals surface area contributed by atoms with E-state index in [1.54, 1.807) is 7.11 Å². The molecule has 0 bridgehead atoms. The van der Waals surface area contributed by atoms with Crippen LogP contribution in [0.15, 0.2) is 24.3 Å². The summed E-state index contributed by atoms with van der Waals surface area (Å²) < 4.78 is 10.6. The molecule has 1 aliphatic carbocycles. The second-order valence-electron chi connectivity index (χ2n) is 4.82. The molecule has 0 heterocycles. The summed E-state index contributed by atoms with van der Waals surface area (Å²) in [4.78, 5) is 0. The fourth-order valence-corrected chi connectivity index (χ4v) is 2.44. The highest BCUT2D eigenvalue weighted by Crippen LogP contribution is 2.24. The van der Waals surface area contributed by atoms with Crippen molar-refractivity contribution in [3.05, 3.63) is 24.3 Å². The van der Waals surface area contributed by atoms with Gasteiger partial charge < -0.3 is 14.8 Å². The standard InChI is InChI=1S/C15H20N2O2/c1-18-14-6-2-12(3-7-14)17-13-4-8-15(9-5-13)19-11-10-16/h4-5,8-9,12,14,17H,2-3,6-7,11H2,1H3. The van der Waals surface area contributed by atoms with Gasteiger partial charge >= 0.3 is 0 Å². The molecule has 102 valence electrons. The predicted molar refractivity (Wildman–Crippen MR) is 74.2 cm³/mol. The zero-order valence-corrected chi connectivity index (χ0v) is 11.3. The average molecular weight is 260 g/mol. The van der Waals surface area contributed by atoms with Gasteiger partial charge in [-0.3, -0.25) is 0 Å². The molecule has 0 aliphatic heterocycles. The van der Waals surface area contributed by atoms with Gasteiger partial charge in [-0.2, -0.15) is 5.26 Å². The van der Waals surface area contributed by atoms with Crippen LogP contribution in [0.4, 0.5) is 5.69 Å². The normalized spacial score (nSPS) is 22.5. The second-order valence-corrected chi connectivity index (χ2v) is 4.82. The van der Waals surface area contributed by atoms with E-state index in [4.69, 9.17) is 14.7 Å². The van der Waals surface area contributed by atoms with Gasteiger partial charge in [-0.25, -0.2) is 0 Å². The zero-order chi connectivity index (χ0) is 13.5. The Bertz CT molecular complexity index is 417. The summed E-state index contributed by atoms with van der Waals surface area (Å²) in [5.74, 6) is 0.732. The number of nitriles is 1. The summed E-state index contributed by atoms with van der Waals surface area (Å²) in [6.45, 7) is 0.0911. The number of nitrogens with one attached hydrogen (secondary N) is 1. The maximum atomic E-state index is 8.44. The van der Waals surface area contributed by atoms with Gasteiger partial charge in [0.15, 0.2) is 6.61 Å². The third kappa shape index (κ3) is 4.15. The molecule has 0 radical (unpaired) electrons. The van der Waals surface area contributed by atoms with Crippen molar-refractivity contribution >= 4 is 5.69 Å². The minimum Gasteiger partial charge on any atom is -0.479 e. The molecule has 4 nitrogen and oxygen atoms in total. The first kappa shape index (κ1) is 13.7. The van der Waals surface area contributed by atoms with E-state index in [2.05, 4.69) is 5.32 Å². The summed E-state index contributed by atoms with van der Waals surface area (Å²) in [5, 5.41) is 12.0. The number of rotatable bonds is 5. The Morgan fingerprint density at radius 3 is 2.47 bits per heavy atom. The van der Waals surface area contributed by atoms with E-state index in [0.717, 1.165) is 37.1 Å². The van der Waals surface area contributed by atoms with Gasteiger partial charge in [0, 0.05) is 18.8 Å². The topological polar surface area (TPSA) is 54.3 Å². The highest BCUT2D eigenvalue weighted by atomic mass is 16.5. The van der Waals surface area contributed by atoms with Crippen molar-refractivity contribution in [1.82, 2.24) is 0 Å². The Kier molecular flexibility index (Phi) is 5.05. The van der Waals surface area contributed by atoms with E-state index >= 15 is 0 Å². The lowest BCUT2D eigenvalue weighted by atomic mass is 9.93. The SMILES string of the molecule is COC1CCC(Nc2ccc(OCC#N)cc2)CC1. The molecule has 1 aromatic rings. The van der Waals surface area contributed by atoms with Crippen LogP contribution in [0, 0.1) is 11.3 Å². The summed E-state index contributed by atoms with van der Waals surface area (Å²) >= 11 is 0. The lowest BCUT2D eigenvalue weighted by molar-refractivity contribution is 0.0682. The first-order valence-corrected chi connectivity index (χ1v) is 6.71. The van der Waals surface area contributed by atoms with Crippen LogP contribution in [0.1, 0.15) is 25.7 Å². The van der Waals surface area contributed by atoms with Crippen LogP contribution in [0.25, 0.3) is 0 Å². The van der Waals surface area contributed by atoms with E-state index in [9.17, 15) is 0 Å². The number of ether oxygens (including phenoxy) is 2. The van der Waals surface area contributed by atoms with Crippen molar-refractivity contribution in [1.29, 1.82) is 5.26 Å². The minimum absolute atomic E-state index is 0.0911. The molecule has 0 unspecified atom stereocenters. The molecular formula is C15H20N2O2. The van der Waals surface area contributed by atoms with Crippen LogP contribution in [0.5, 0.6) is 5.75 Å². The van der Waals surface area contributed by atoms with Crippen LogP contribution in [0.2, 0.25) is 0 Å². The Hall–Kier alpha value is -1.73. The molecular weight excluding hydrogens is 240 g/mol. The highest BCUT2D eigenvalue weighted by Gasteiger charge is 2.20. The Morgan fingerprint density at radius 2 is 1.89 bits per heavy atom. The number of nitrogens with zero attached hydrogens (tertiary/aromatic N) is 1. The van der Waals surface area contributed by atoms with Crippen molar-refractivity contribution in [2.45, 2.75) is 37.8 Å². The van der Waals surface area contributed by atoms with Crippen molar-refractivity contribution in [3.63, 3.8) is 0 Å². The number of hydrogen-bond donors (Lipinski definition) is 1. The molecule has 19 heavy (non-hydrogen) atoms. The Balaban J connectivity index is 1.81. The molecule has 0 atom stereocenters. The van der Waals surface area contributed by atoms with Gasteiger partial charge in [0.05, 0.1) is 6.10 Å². The van der Waals surface area contributed by atoms with Gasteiger partial charge in [-0.1, -0.05) is 0 Å². The first-order chi connectivity index (χ1) is 9.31. The van der Waals surface area contributed by atoms with Crippen molar-refractivity contribution in [2.75, 3.05) is 19.0 Å². The summed E-state index contributed by atoms with van der Waals surface area (Å²) in [7, 11) is 1.79. The molecule has 1 fully saturated rings. The van der Waals surface area contributed by atoms with E-state index in [1.165, 1.54) is 0 Å².